The average molecular weight is 403 g/mol. The highest BCUT2D eigenvalue weighted by atomic mass is 16.5. The number of rotatable bonds is 8. The lowest BCUT2D eigenvalue weighted by molar-refractivity contribution is 0.259. The number of aryl methyl sites for hydroxylation is 1. The van der Waals surface area contributed by atoms with Crippen LogP contribution < -0.4 is 0 Å². The van der Waals surface area contributed by atoms with E-state index in [2.05, 4.69) is 67.5 Å². The molecule has 1 fully saturated rings. The van der Waals surface area contributed by atoms with Gasteiger partial charge in [-0.15, -0.1) is 0 Å². The van der Waals surface area contributed by atoms with Gasteiger partial charge in [-0.2, -0.15) is 4.98 Å². The molecule has 4 rings (SSSR count). The van der Waals surface area contributed by atoms with Gasteiger partial charge in [0.2, 0.25) is 11.7 Å². The standard InChI is InChI=1S/C27H34N2O/c1-3-5-6-7-21-10-14-25(15-11-21)27-28-26(29-30-27)24-18-16-23(17-19-24)22-12-8-20(4-2)9-13-22/h8-9,12-13,16-19,21,25H,3-7,10-11,14-15H2,1-2H3. The monoisotopic (exact) mass is 402 g/mol. The Bertz CT molecular complexity index is 903. The minimum atomic E-state index is 0.435. The van der Waals surface area contributed by atoms with Crippen molar-refractivity contribution >= 4 is 0 Å². The Labute approximate surface area is 180 Å². The summed E-state index contributed by atoms with van der Waals surface area (Å²) in [6.07, 6.45) is 11.5. The second-order valence-electron chi connectivity index (χ2n) is 8.80. The van der Waals surface area contributed by atoms with Crippen LogP contribution in [-0.4, -0.2) is 10.1 Å². The third-order valence-electron chi connectivity index (χ3n) is 6.69. The highest BCUT2D eigenvalue weighted by Crippen LogP contribution is 2.37. The van der Waals surface area contributed by atoms with Crippen LogP contribution in [-0.2, 0) is 6.42 Å². The van der Waals surface area contributed by atoms with Crippen molar-refractivity contribution in [2.24, 2.45) is 5.92 Å². The average Bonchev–Trinajstić information content (AvgIpc) is 3.30. The minimum Gasteiger partial charge on any atom is -0.339 e. The zero-order chi connectivity index (χ0) is 20.8. The van der Waals surface area contributed by atoms with Gasteiger partial charge in [0.15, 0.2) is 0 Å². The fraction of sp³-hybridized carbons (Fsp3) is 0.481. The lowest BCUT2D eigenvalue weighted by Crippen LogP contribution is -2.13. The zero-order valence-electron chi connectivity index (χ0n) is 18.4. The highest BCUT2D eigenvalue weighted by molar-refractivity contribution is 5.67. The SMILES string of the molecule is CCCCCC1CCC(c2nc(-c3ccc(-c4ccc(CC)cc4)cc3)no2)CC1. The molecule has 0 unspecified atom stereocenters. The van der Waals surface area contributed by atoms with E-state index in [0.29, 0.717) is 11.7 Å². The third-order valence-corrected chi connectivity index (χ3v) is 6.69. The Morgan fingerprint density at radius 2 is 1.43 bits per heavy atom. The lowest BCUT2D eigenvalue weighted by Gasteiger charge is -2.26. The van der Waals surface area contributed by atoms with Crippen molar-refractivity contribution in [2.75, 3.05) is 0 Å². The Balaban J connectivity index is 1.37. The van der Waals surface area contributed by atoms with Crippen molar-refractivity contribution in [1.29, 1.82) is 0 Å². The summed E-state index contributed by atoms with van der Waals surface area (Å²) in [7, 11) is 0. The molecule has 158 valence electrons. The van der Waals surface area contributed by atoms with Gasteiger partial charge >= 0.3 is 0 Å². The van der Waals surface area contributed by atoms with Crippen LogP contribution in [0.3, 0.4) is 0 Å². The van der Waals surface area contributed by atoms with Gasteiger partial charge in [0.1, 0.15) is 0 Å². The molecule has 0 spiro atoms. The Kier molecular flexibility index (Phi) is 6.99. The maximum Gasteiger partial charge on any atom is 0.230 e. The topological polar surface area (TPSA) is 38.9 Å². The fourth-order valence-corrected chi connectivity index (χ4v) is 4.64. The fourth-order valence-electron chi connectivity index (χ4n) is 4.64. The largest absolute Gasteiger partial charge is 0.339 e. The molecular weight excluding hydrogens is 368 g/mol. The molecule has 0 atom stereocenters. The molecule has 0 radical (unpaired) electrons. The predicted molar refractivity (Wildman–Crippen MR) is 123 cm³/mol. The summed E-state index contributed by atoms with van der Waals surface area (Å²) in [5.41, 5.74) is 4.84. The molecule has 1 saturated carbocycles. The van der Waals surface area contributed by atoms with Crippen molar-refractivity contribution in [2.45, 2.75) is 77.6 Å². The normalized spacial score (nSPS) is 19.1. The first-order valence-electron chi connectivity index (χ1n) is 11.8. The van der Waals surface area contributed by atoms with Crippen LogP contribution in [0.4, 0.5) is 0 Å². The molecule has 2 aromatic carbocycles. The first-order chi connectivity index (χ1) is 14.8. The second-order valence-corrected chi connectivity index (χ2v) is 8.80. The predicted octanol–water partition coefficient (Wildman–Crippen LogP) is 7.82. The molecule has 0 saturated heterocycles. The van der Waals surface area contributed by atoms with E-state index in [9.17, 15) is 0 Å². The maximum absolute atomic E-state index is 5.67. The van der Waals surface area contributed by atoms with Crippen molar-refractivity contribution in [3.05, 3.63) is 60.0 Å². The molecule has 0 bridgehead atoms. The first kappa shape index (κ1) is 20.8. The summed E-state index contributed by atoms with van der Waals surface area (Å²) in [4.78, 5) is 4.75. The summed E-state index contributed by atoms with van der Waals surface area (Å²) in [6.45, 7) is 4.46. The van der Waals surface area contributed by atoms with Gasteiger partial charge in [0.05, 0.1) is 0 Å². The van der Waals surface area contributed by atoms with E-state index < -0.39 is 0 Å². The van der Waals surface area contributed by atoms with Gasteiger partial charge in [-0.3, -0.25) is 0 Å². The Hall–Kier alpha value is -2.42. The second kappa shape index (κ2) is 10.1. The van der Waals surface area contributed by atoms with Crippen molar-refractivity contribution in [3.8, 4) is 22.5 Å². The molecule has 1 aromatic heterocycles. The van der Waals surface area contributed by atoms with E-state index in [4.69, 9.17) is 9.51 Å². The molecule has 3 nitrogen and oxygen atoms in total. The van der Waals surface area contributed by atoms with Crippen LogP contribution in [0.5, 0.6) is 0 Å². The molecule has 0 amide bonds. The van der Waals surface area contributed by atoms with Gasteiger partial charge in [0, 0.05) is 11.5 Å². The van der Waals surface area contributed by atoms with Gasteiger partial charge in [0.25, 0.3) is 0 Å². The molecule has 1 aliphatic carbocycles. The minimum absolute atomic E-state index is 0.435. The lowest BCUT2D eigenvalue weighted by atomic mass is 9.79. The molecule has 0 aliphatic heterocycles. The summed E-state index contributed by atoms with van der Waals surface area (Å²) >= 11 is 0. The van der Waals surface area contributed by atoms with Crippen LogP contribution in [0.25, 0.3) is 22.5 Å². The number of nitrogens with zero attached hydrogens (tertiary/aromatic N) is 2. The maximum atomic E-state index is 5.67. The number of hydrogen-bond acceptors (Lipinski definition) is 3. The van der Waals surface area contributed by atoms with Gasteiger partial charge in [-0.1, -0.05) is 93.2 Å². The van der Waals surface area contributed by atoms with Crippen molar-refractivity contribution in [1.82, 2.24) is 10.1 Å². The van der Waals surface area contributed by atoms with Gasteiger partial charge in [-0.25, -0.2) is 0 Å². The third kappa shape index (κ3) is 5.00. The highest BCUT2D eigenvalue weighted by Gasteiger charge is 2.26. The van der Waals surface area contributed by atoms with Crippen LogP contribution in [0.1, 0.15) is 82.6 Å². The van der Waals surface area contributed by atoms with Gasteiger partial charge in [-0.05, 0) is 54.7 Å². The molecule has 30 heavy (non-hydrogen) atoms. The molecular formula is C27H34N2O. The molecule has 0 N–H and O–H groups in total. The van der Waals surface area contributed by atoms with E-state index in [1.54, 1.807) is 0 Å². The van der Waals surface area contributed by atoms with E-state index in [-0.39, 0.29) is 0 Å². The van der Waals surface area contributed by atoms with Crippen LogP contribution in [0.2, 0.25) is 0 Å². The molecule has 3 heteroatoms. The summed E-state index contributed by atoms with van der Waals surface area (Å²) in [5, 5.41) is 4.28. The number of aromatic nitrogens is 2. The number of hydrogen-bond donors (Lipinski definition) is 0. The van der Waals surface area contributed by atoms with E-state index in [0.717, 1.165) is 23.8 Å². The summed E-state index contributed by atoms with van der Waals surface area (Å²) in [6, 6.07) is 17.3. The molecule has 1 heterocycles. The van der Waals surface area contributed by atoms with Gasteiger partial charge < -0.3 is 4.52 Å². The van der Waals surface area contributed by atoms with Crippen molar-refractivity contribution < 1.29 is 4.52 Å². The van der Waals surface area contributed by atoms with Crippen LogP contribution in [0, 0.1) is 5.92 Å². The van der Waals surface area contributed by atoms with E-state index in [1.807, 2.05) is 0 Å². The Morgan fingerprint density at radius 1 is 0.800 bits per heavy atom. The Morgan fingerprint density at radius 3 is 2.07 bits per heavy atom. The van der Waals surface area contributed by atoms with Crippen molar-refractivity contribution in [3.63, 3.8) is 0 Å². The molecule has 3 aromatic rings. The quantitative estimate of drug-likeness (QED) is 0.360. The first-order valence-corrected chi connectivity index (χ1v) is 11.8. The smallest absolute Gasteiger partial charge is 0.230 e. The van der Waals surface area contributed by atoms with E-state index in [1.165, 1.54) is 68.1 Å². The van der Waals surface area contributed by atoms with Crippen LogP contribution in [0.15, 0.2) is 53.1 Å². The summed E-state index contributed by atoms with van der Waals surface area (Å²) < 4.78 is 5.67. The van der Waals surface area contributed by atoms with Crippen LogP contribution >= 0.6 is 0 Å². The molecule has 1 aliphatic rings. The zero-order valence-corrected chi connectivity index (χ0v) is 18.4. The number of unbranched alkanes of at least 4 members (excludes halogenated alkanes) is 2. The van der Waals surface area contributed by atoms with E-state index >= 15 is 0 Å². The number of benzene rings is 2. The summed E-state index contributed by atoms with van der Waals surface area (Å²) in [5.74, 6) is 2.87.